The fourth-order valence-corrected chi connectivity index (χ4v) is 1.53. The van der Waals surface area contributed by atoms with E-state index in [1.165, 1.54) is 7.05 Å². The summed E-state index contributed by atoms with van der Waals surface area (Å²) in [7, 11) is 1.33. The van der Waals surface area contributed by atoms with Gasteiger partial charge in [0.1, 0.15) is 11.6 Å². The highest BCUT2D eigenvalue weighted by atomic mass is 35.5. The molecule has 0 radical (unpaired) electrons. The van der Waals surface area contributed by atoms with Crippen LogP contribution in [0, 0.1) is 13.8 Å². The summed E-state index contributed by atoms with van der Waals surface area (Å²) < 4.78 is 5.07. The molecule has 0 bridgehead atoms. The number of hydrogen-bond acceptors (Lipinski definition) is 3. The quantitative estimate of drug-likeness (QED) is 0.763. The van der Waals surface area contributed by atoms with Gasteiger partial charge >= 0.3 is 6.09 Å². The van der Waals surface area contributed by atoms with Crippen molar-refractivity contribution >= 4 is 23.6 Å². The van der Waals surface area contributed by atoms with Crippen LogP contribution in [0.2, 0.25) is 0 Å². The van der Waals surface area contributed by atoms with Crippen LogP contribution < -0.4 is 4.74 Å². The summed E-state index contributed by atoms with van der Waals surface area (Å²) in [6, 6.07) is 5.42. The topological polar surface area (TPSA) is 46.6 Å². The lowest BCUT2D eigenvalue weighted by Crippen LogP contribution is -2.36. The monoisotopic (exact) mass is 255 g/mol. The lowest BCUT2D eigenvalue weighted by atomic mass is 10.1. The molecular weight excluding hydrogens is 242 g/mol. The summed E-state index contributed by atoms with van der Waals surface area (Å²) in [5.74, 6) is -0.332. The molecule has 1 aromatic carbocycles. The second-order valence-electron chi connectivity index (χ2n) is 3.78. The van der Waals surface area contributed by atoms with E-state index >= 15 is 0 Å². The van der Waals surface area contributed by atoms with Crippen molar-refractivity contribution in [1.82, 2.24) is 4.90 Å². The molecule has 0 fully saturated rings. The number of benzene rings is 1. The van der Waals surface area contributed by atoms with Crippen molar-refractivity contribution in [2.45, 2.75) is 13.8 Å². The number of rotatable bonds is 2. The van der Waals surface area contributed by atoms with Crippen LogP contribution in [0.25, 0.3) is 0 Å². The molecule has 17 heavy (non-hydrogen) atoms. The van der Waals surface area contributed by atoms with Crippen LogP contribution in [-0.4, -0.2) is 29.8 Å². The molecule has 1 aromatic rings. The first-order valence-electron chi connectivity index (χ1n) is 5.06. The molecular formula is C12H14ClNO3. The van der Waals surface area contributed by atoms with Crippen LogP contribution in [-0.2, 0) is 4.79 Å². The first-order chi connectivity index (χ1) is 7.93. The second kappa shape index (κ2) is 5.68. The van der Waals surface area contributed by atoms with Crippen molar-refractivity contribution in [2.24, 2.45) is 0 Å². The van der Waals surface area contributed by atoms with Gasteiger partial charge in [0.2, 0.25) is 5.91 Å². The van der Waals surface area contributed by atoms with Gasteiger partial charge < -0.3 is 4.74 Å². The third-order valence-corrected chi connectivity index (χ3v) is 2.39. The van der Waals surface area contributed by atoms with E-state index in [9.17, 15) is 9.59 Å². The lowest BCUT2D eigenvalue weighted by Gasteiger charge is -2.14. The highest BCUT2D eigenvalue weighted by Gasteiger charge is 2.17. The maximum atomic E-state index is 11.6. The van der Waals surface area contributed by atoms with Crippen molar-refractivity contribution in [3.05, 3.63) is 29.3 Å². The van der Waals surface area contributed by atoms with Gasteiger partial charge in [-0.1, -0.05) is 6.07 Å². The summed E-state index contributed by atoms with van der Waals surface area (Å²) in [5, 5.41) is 0. The first-order valence-corrected chi connectivity index (χ1v) is 5.60. The number of imide groups is 1. The van der Waals surface area contributed by atoms with E-state index in [0.29, 0.717) is 5.75 Å². The lowest BCUT2D eigenvalue weighted by molar-refractivity contribution is -0.125. The third kappa shape index (κ3) is 3.75. The third-order valence-electron chi connectivity index (χ3n) is 2.16. The number of nitrogens with zero attached hydrogens (tertiary/aromatic N) is 1. The Morgan fingerprint density at radius 1 is 1.24 bits per heavy atom. The van der Waals surface area contributed by atoms with Crippen molar-refractivity contribution in [1.29, 1.82) is 0 Å². The zero-order valence-corrected chi connectivity index (χ0v) is 10.7. The van der Waals surface area contributed by atoms with Crippen LogP contribution in [0.4, 0.5) is 4.79 Å². The summed E-state index contributed by atoms with van der Waals surface area (Å²) in [6.07, 6.45) is -0.736. The Hall–Kier alpha value is -1.55. The number of alkyl halides is 1. The van der Waals surface area contributed by atoms with E-state index in [4.69, 9.17) is 16.3 Å². The molecule has 1 rings (SSSR count). The van der Waals surface area contributed by atoms with Crippen LogP contribution in [0.3, 0.4) is 0 Å². The summed E-state index contributed by atoms with van der Waals surface area (Å²) >= 11 is 5.35. The van der Waals surface area contributed by atoms with Gasteiger partial charge in [-0.25, -0.2) is 9.69 Å². The Morgan fingerprint density at radius 2 is 1.76 bits per heavy atom. The zero-order chi connectivity index (χ0) is 13.0. The number of carbonyl (C=O) groups excluding carboxylic acids is 2. The normalized spacial score (nSPS) is 9.88. The van der Waals surface area contributed by atoms with E-state index in [2.05, 4.69) is 0 Å². The fourth-order valence-electron chi connectivity index (χ4n) is 1.35. The molecule has 0 aliphatic carbocycles. The van der Waals surface area contributed by atoms with Crippen molar-refractivity contribution in [3.8, 4) is 5.75 Å². The van der Waals surface area contributed by atoms with Gasteiger partial charge in [-0.2, -0.15) is 0 Å². The molecule has 0 heterocycles. The van der Waals surface area contributed by atoms with Gasteiger partial charge in [-0.3, -0.25) is 4.79 Å². The standard InChI is InChI=1S/C12H14ClNO3/c1-8-4-9(2)6-10(5-8)17-12(16)14(3)11(15)7-13/h4-6H,7H2,1-3H3. The zero-order valence-electron chi connectivity index (χ0n) is 9.99. The van der Waals surface area contributed by atoms with E-state index in [1.807, 2.05) is 19.9 Å². The Labute approximate surface area is 105 Å². The molecule has 0 spiro atoms. The van der Waals surface area contributed by atoms with E-state index in [-0.39, 0.29) is 5.88 Å². The predicted molar refractivity (Wildman–Crippen MR) is 65.4 cm³/mol. The van der Waals surface area contributed by atoms with Gasteiger partial charge in [-0.05, 0) is 37.1 Å². The molecule has 4 nitrogen and oxygen atoms in total. The van der Waals surface area contributed by atoms with Gasteiger partial charge in [-0.15, -0.1) is 11.6 Å². The molecule has 0 saturated heterocycles. The van der Waals surface area contributed by atoms with Gasteiger partial charge in [0, 0.05) is 7.05 Å². The maximum absolute atomic E-state index is 11.6. The minimum absolute atomic E-state index is 0.252. The second-order valence-corrected chi connectivity index (χ2v) is 4.05. The largest absolute Gasteiger partial charge is 0.421 e. The predicted octanol–water partition coefficient (Wildman–Crippen LogP) is 2.50. The fraction of sp³-hybridized carbons (Fsp3) is 0.333. The Balaban J connectivity index is 2.77. The maximum Gasteiger partial charge on any atom is 0.421 e. The molecule has 0 unspecified atom stereocenters. The van der Waals surface area contributed by atoms with Crippen LogP contribution in [0.5, 0.6) is 5.75 Å². The van der Waals surface area contributed by atoms with E-state index < -0.39 is 12.0 Å². The smallest absolute Gasteiger partial charge is 0.410 e. The highest BCUT2D eigenvalue weighted by molar-refractivity contribution is 6.28. The molecule has 0 N–H and O–H groups in total. The number of amides is 2. The van der Waals surface area contributed by atoms with Crippen LogP contribution in [0.15, 0.2) is 18.2 Å². The van der Waals surface area contributed by atoms with Crippen molar-refractivity contribution in [3.63, 3.8) is 0 Å². The van der Waals surface area contributed by atoms with Crippen molar-refractivity contribution < 1.29 is 14.3 Å². The molecule has 0 aromatic heterocycles. The average Bonchev–Trinajstić information content (AvgIpc) is 2.25. The number of hydrogen-bond donors (Lipinski definition) is 0. The van der Waals surface area contributed by atoms with Crippen molar-refractivity contribution in [2.75, 3.05) is 12.9 Å². The molecule has 0 atom stereocenters. The SMILES string of the molecule is Cc1cc(C)cc(OC(=O)N(C)C(=O)CCl)c1. The molecule has 5 heteroatoms. The minimum Gasteiger partial charge on any atom is -0.410 e. The first kappa shape index (κ1) is 13.5. The molecule has 2 amide bonds. The summed E-state index contributed by atoms with van der Waals surface area (Å²) in [5.41, 5.74) is 1.97. The number of carbonyl (C=O) groups is 2. The number of ether oxygens (including phenoxy) is 1. The number of halogens is 1. The minimum atomic E-state index is -0.736. The highest BCUT2D eigenvalue weighted by Crippen LogP contribution is 2.16. The van der Waals surface area contributed by atoms with Gasteiger partial charge in [0.15, 0.2) is 0 Å². The Bertz CT molecular complexity index is 425. The summed E-state index contributed by atoms with van der Waals surface area (Å²) in [6.45, 7) is 3.80. The molecule has 92 valence electrons. The molecule has 0 saturated carbocycles. The Morgan fingerprint density at radius 3 is 2.24 bits per heavy atom. The number of aryl methyl sites for hydroxylation is 2. The van der Waals surface area contributed by atoms with Crippen LogP contribution >= 0.6 is 11.6 Å². The van der Waals surface area contributed by atoms with E-state index in [1.54, 1.807) is 12.1 Å². The van der Waals surface area contributed by atoms with Gasteiger partial charge in [0.25, 0.3) is 0 Å². The average molecular weight is 256 g/mol. The van der Waals surface area contributed by atoms with Gasteiger partial charge in [0.05, 0.1) is 0 Å². The summed E-state index contributed by atoms with van der Waals surface area (Å²) in [4.78, 5) is 23.6. The molecule has 0 aliphatic heterocycles. The molecule has 0 aliphatic rings. The Kier molecular flexibility index (Phi) is 4.52. The van der Waals surface area contributed by atoms with Crippen LogP contribution in [0.1, 0.15) is 11.1 Å². The van der Waals surface area contributed by atoms with E-state index in [0.717, 1.165) is 16.0 Å².